The van der Waals surface area contributed by atoms with Gasteiger partial charge in [-0.3, -0.25) is 14.6 Å². The predicted molar refractivity (Wildman–Crippen MR) is 113 cm³/mol. The average Bonchev–Trinajstić information content (AvgIpc) is 3.32. The zero-order valence-electron chi connectivity index (χ0n) is 16.1. The molecule has 1 aliphatic rings. The summed E-state index contributed by atoms with van der Waals surface area (Å²) in [5, 5.41) is 3.06. The lowest BCUT2D eigenvalue weighted by molar-refractivity contribution is -0.125. The Labute approximate surface area is 172 Å². The van der Waals surface area contributed by atoms with Crippen LogP contribution in [0.5, 0.6) is 0 Å². The smallest absolute Gasteiger partial charge is 0.221 e. The summed E-state index contributed by atoms with van der Waals surface area (Å²) in [6.45, 7) is 0. The van der Waals surface area contributed by atoms with Crippen LogP contribution in [0.3, 0.4) is 0 Å². The van der Waals surface area contributed by atoms with Gasteiger partial charge in [-0.1, -0.05) is 42.5 Å². The van der Waals surface area contributed by atoms with Crippen molar-refractivity contribution < 1.29 is 9.59 Å². The number of nitrogens with zero attached hydrogens (tertiary/aromatic N) is 2. The molecule has 2 aromatic heterocycles. The van der Waals surface area contributed by atoms with Crippen LogP contribution < -0.4 is 11.1 Å². The van der Waals surface area contributed by atoms with Crippen LogP contribution in [0.2, 0.25) is 0 Å². The minimum absolute atomic E-state index is 0.0279. The van der Waals surface area contributed by atoms with Gasteiger partial charge in [0.25, 0.3) is 0 Å². The molecule has 2 heterocycles. The van der Waals surface area contributed by atoms with Gasteiger partial charge >= 0.3 is 0 Å². The maximum absolute atomic E-state index is 12.5. The van der Waals surface area contributed by atoms with Crippen LogP contribution in [0.1, 0.15) is 30.0 Å². The van der Waals surface area contributed by atoms with Gasteiger partial charge in [0.15, 0.2) is 0 Å². The van der Waals surface area contributed by atoms with Crippen molar-refractivity contribution in [2.24, 2.45) is 5.73 Å². The van der Waals surface area contributed by atoms with Crippen molar-refractivity contribution in [3.05, 3.63) is 72.1 Å². The molecule has 0 fully saturated rings. The van der Waals surface area contributed by atoms with E-state index in [2.05, 4.69) is 21.4 Å². The van der Waals surface area contributed by atoms with E-state index in [0.29, 0.717) is 0 Å². The number of H-pyrrole nitrogens is 1. The summed E-state index contributed by atoms with van der Waals surface area (Å²) >= 11 is 0. The van der Waals surface area contributed by atoms with Gasteiger partial charge in [0, 0.05) is 24.6 Å². The lowest BCUT2D eigenvalue weighted by atomic mass is 9.99. The molecule has 2 aromatic carbocycles. The molecule has 0 spiro atoms. The number of imidazole rings is 1. The summed E-state index contributed by atoms with van der Waals surface area (Å²) in [4.78, 5) is 35.7. The Hall–Kier alpha value is -4.00. The van der Waals surface area contributed by atoms with Crippen molar-refractivity contribution in [1.29, 1.82) is 0 Å². The van der Waals surface area contributed by atoms with Crippen LogP contribution >= 0.6 is 0 Å². The number of carbonyl (C=O) groups excluding carboxylic acids is 2. The number of aromatic amines is 1. The molecule has 5 rings (SSSR count). The number of carbonyl (C=O) groups is 2. The molecule has 1 atom stereocenters. The molecule has 7 heteroatoms. The normalized spacial score (nSPS) is 14.3. The fraction of sp³-hybridized carbons (Fsp3) is 0.130. The topological polar surface area (TPSA) is 114 Å². The lowest BCUT2D eigenvalue weighted by Crippen LogP contribution is -2.29. The fourth-order valence-electron chi connectivity index (χ4n) is 4.06. The molecule has 0 saturated heterocycles. The number of nitrogens with two attached hydrogens (primary N) is 1. The van der Waals surface area contributed by atoms with E-state index in [1.165, 1.54) is 0 Å². The summed E-state index contributed by atoms with van der Waals surface area (Å²) in [6, 6.07) is 15.6. The second-order valence-electron chi connectivity index (χ2n) is 7.30. The Balaban J connectivity index is 1.60. The van der Waals surface area contributed by atoms with E-state index in [0.717, 1.165) is 44.7 Å². The Morgan fingerprint density at radius 1 is 1.00 bits per heavy atom. The van der Waals surface area contributed by atoms with Crippen LogP contribution in [0.15, 0.2) is 60.9 Å². The number of amides is 2. The number of primary amides is 1. The summed E-state index contributed by atoms with van der Waals surface area (Å²) in [6.07, 6.45) is 3.57. The minimum atomic E-state index is -0.487. The molecule has 148 valence electrons. The van der Waals surface area contributed by atoms with Crippen molar-refractivity contribution in [1.82, 2.24) is 20.3 Å². The third-order valence-corrected chi connectivity index (χ3v) is 5.39. The molecule has 7 nitrogen and oxygen atoms in total. The number of hydrogen-bond acceptors (Lipinski definition) is 4. The number of pyridine rings is 1. The largest absolute Gasteiger partial charge is 0.370 e. The van der Waals surface area contributed by atoms with Crippen molar-refractivity contribution in [2.75, 3.05) is 0 Å². The third kappa shape index (κ3) is 3.00. The van der Waals surface area contributed by atoms with Crippen LogP contribution in [-0.2, 0) is 9.59 Å². The molecule has 0 radical (unpaired) electrons. The van der Waals surface area contributed by atoms with Gasteiger partial charge in [-0.2, -0.15) is 0 Å². The monoisotopic (exact) mass is 397 g/mol. The molecular formula is C23H19N5O2. The molecule has 4 aromatic rings. The molecular weight excluding hydrogens is 378 g/mol. The summed E-state index contributed by atoms with van der Waals surface area (Å²) in [5.41, 5.74) is 12.0. The van der Waals surface area contributed by atoms with Gasteiger partial charge in [-0.25, -0.2) is 4.98 Å². The highest BCUT2D eigenvalue weighted by Gasteiger charge is 2.32. The van der Waals surface area contributed by atoms with E-state index in [4.69, 9.17) is 10.7 Å². The summed E-state index contributed by atoms with van der Waals surface area (Å²) in [5.74, 6) is 0.0612. The van der Waals surface area contributed by atoms with Crippen molar-refractivity contribution >= 4 is 22.8 Å². The molecule has 1 aliphatic carbocycles. The second-order valence-corrected chi connectivity index (χ2v) is 7.30. The third-order valence-electron chi connectivity index (χ3n) is 5.39. The molecule has 30 heavy (non-hydrogen) atoms. The standard InChI is InChI=1S/C23H19N5O2/c24-19(29)8-9-20(30)28-22-14-5-2-1-4-13(14)21-15(22)6-3-7-16(21)23-26-17-10-11-25-12-18(17)27-23/h1-7,10-12,22H,8-9H2,(H2,24,29)(H,26,27)(H,28,30)/t22-/m1/s1. The first-order chi connectivity index (χ1) is 14.6. The van der Waals surface area contributed by atoms with Gasteiger partial charge in [0.1, 0.15) is 5.82 Å². The summed E-state index contributed by atoms with van der Waals surface area (Å²) in [7, 11) is 0. The Kier molecular flexibility index (Phi) is 4.28. The number of aromatic nitrogens is 3. The van der Waals surface area contributed by atoms with E-state index in [1.807, 2.05) is 42.5 Å². The van der Waals surface area contributed by atoms with Gasteiger partial charge in [0.2, 0.25) is 11.8 Å². The highest BCUT2D eigenvalue weighted by atomic mass is 16.2. The molecule has 0 bridgehead atoms. The van der Waals surface area contributed by atoms with Gasteiger partial charge in [-0.05, 0) is 28.3 Å². The first-order valence-corrected chi connectivity index (χ1v) is 9.72. The van der Waals surface area contributed by atoms with E-state index < -0.39 is 5.91 Å². The SMILES string of the molecule is NC(=O)CCC(=O)N[C@@H]1c2ccccc2-c2c(-c3nc4ccncc4[nH]3)cccc21. The number of nitrogens with one attached hydrogen (secondary N) is 2. The highest BCUT2D eigenvalue weighted by molar-refractivity contribution is 5.93. The number of rotatable bonds is 5. The maximum atomic E-state index is 12.5. The fourth-order valence-corrected chi connectivity index (χ4v) is 4.06. The second kappa shape index (κ2) is 7.11. The van der Waals surface area contributed by atoms with E-state index >= 15 is 0 Å². The van der Waals surface area contributed by atoms with E-state index in [9.17, 15) is 9.59 Å². The molecule has 4 N–H and O–H groups in total. The molecule has 0 unspecified atom stereocenters. The van der Waals surface area contributed by atoms with Crippen molar-refractivity contribution in [2.45, 2.75) is 18.9 Å². The zero-order valence-corrected chi connectivity index (χ0v) is 16.1. The van der Waals surface area contributed by atoms with Crippen LogP contribution in [-0.4, -0.2) is 26.8 Å². The van der Waals surface area contributed by atoms with Gasteiger partial charge < -0.3 is 16.0 Å². The Morgan fingerprint density at radius 2 is 1.80 bits per heavy atom. The average molecular weight is 397 g/mol. The highest BCUT2D eigenvalue weighted by Crippen LogP contribution is 2.47. The quantitative estimate of drug-likeness (QED) is 0.480. The lowest BCUT2D eigenvalue weighted by Gasteiger charge is -2.16. The first kappa shape index (κ1) is 18.1. The predicted octanol–water partition coefficient (Wildman–Crippen LogP) is 3.08. The first-order valence-electron chi connectivity index (χ1n) is 9.72. The van der Waals surface area contributed by atoms with Crippen LogP contribution in [0, 0.1) is 0 Å². The Bertz CT molecular complexity index is 1260. The number of hydrogen-bond donors (Lipinski definition) is 3. The van der Waals surface area contributed by atoms with Gasteiger partial charge in [0.05, 0.1) is 23.3 Å². The van der Waals surface area contributed by atoms with Gasteiger partial charge in [-0.15, -0.1) is 0 Å². The Morgan fingerprint density at radius 3 is 2.63 bits per heavy atom. The maximum Gasteiger partial charge on any atom is 0.221 e. The number of fused-ring (bicyclic) bond motifs is 4. The molecule has 0 saturated carbocycles. The van der Waals surface area contributed by atoms with Crippen molar-refractivity contribution in [3.63, 3.8) is 0 Å². The van der Waals surface area contributed by atoms with Crippen LogP contribution in [0.4, 0.5) is 0 Å². The molecule has 0 aliphatic heterocycles. The van der Waals surface area contributed by atoms with Crippen molar-refractivity contribution in [3.8, 4) is 22.5 Å². The van der Waals surface area contributed by atoms with Crippen LogP contribution in [0.25, 0.3) is 33.5 Å². The minimum Gasteiger partial charge on any atom is -0.370 e. The van der Waals surface area contributed by atoms with E-state index in [1.54, 1.807) is 12.4 Å². The van der Waals surface area contributed by atoms with E-state index in [-0.39, 0.29) is 24.8 Å². The zero-order chi connectivity index (χ0) is 20.7. The molecule has 2 amide bonds. The summed E-state index contributed by atoms with van der Waals surface area (Å²) < 4.78 is 0. The number of benzene rings is 2.